The van der Waals surface area contributed by atoms with Crippen LogP contribution in [0.25, 0.3) is 0 Å². The summed E-state index contributed by atoms with van der Waals surface area (Å²) < 4.78 is 17.0. The van der Waals surface area contributed by atoms with Crippen molar-refractivity contribution in [2.45, 2.75) is 399 Å². The molecule has 0 heterocycles. The van der Waals surface area contributed by atoms with Crippen LogP contribution < -0.4 is 0 Å². The summed E-state index contributed by atoms with van der Waals surface area (Å²) in [6.45, 7) is 6.57. The lowest BCUT2D eigenvalue weighted by Gasteiger charge is -2.18. The van der Waals surface area contributed by atoms with Crippen LogP contribution in [-0.4, -0.2) is 37.2 Å². The van der Waals surface area contributed by atoms with Crippen LogP contribution in [0, 0.1) is 0 Å². The van der Waals surface area contributed by atoms with E-state index in [0.717, 1.165) is 96.3 Å². The van der Waals surface area contributed by atoms with E-state index in [0.29, 0.717) is 19.3 Å². The molecule has 0 bridgehead atoms. The maximum absolute atomic E-state index is 12.9. The largest absolute Gasteiger partial charge is 0.462 e. The van der Waals surface area contributed by atoms with Crippen LogP contribution >= 0.6 is 0 Å². The predicted molar refractivity (Wildman–Crippen MR) is 362 cm³/mol. The summed E-state index contributed by atoms with van der Waals surface area (Å²) in [7, 11) is 0. The average Bonchev–Trinajstić information content (AvgIpc) is 3.49. The molecular formula is C77H140O6. The van der Waals surface area contributed by atoms with Crippen molar-refractivity contribution < 1.29 is 28.6 Å². The second-order valence-electron chi connectivity index (χ2n) is 24.8. The molecule has 1 atom stereocenters. The monoisotopic (exact) mass is 1160 g/mol. The molecule has 0 aliphatic carbocycles. The summed E-state index contributed by atoms with van der Waals surface area (Å²) >= 11 is 0. The number of hydrogen-bond acceptors (Lipinski definition) is 6. The Labute approximate surface area is 517 Å². The molecule has 0 fully saturated rings. The zero-order chi connectivity index (χ0) is 59.9. The molecule has 0 aromatic carbocycles. The number of rotatable bonds is 68. The molecule has 0 aliphatic rings. The normalized spacial score (nSPS) is 12.4. The van der Waals surface area contributed by atoms with Crippen molar-refractivity contribution in [2.75, 3.05) is 13.2 Å². The fourth-order valence-electron chi connectivity index (χ4n) is 11.0. The van der Waals surface area contributed by atoms with Gasteiger partial charge in [0, 0.05) is 19.3 Å². The Morgan fingerprint density at radius 3 is 0.747 bits per heavy atom. The summed E-state index contributed by atoms with van der Waals surface area (Å²) in [5, 5.41) is 0. The standard InChI is InChI=1S/C77H140O6/c1-4-7-10-13-16-19-22-25-28-30-31-32-33-34-35-36-37-38-39-40-41-42-43-44-45-47-49-52-55-58-61-64-67-70-76(79)82-73-74(72-81-75(78)69-66-63-60-57-54-51-48-27-24-21-18-15-12-9-6-3)83-77(80)71-68-65-62-59-56-53-50-46-29-26-23-20-17-14-11-8-5-2/h8,11,17,20,26,29-31,50,53,74H,4-7,9-10,12-16,18-19,21-25,27-28,32-49,51-52,54-73H2,1-3H3/b11-8-,20-17-,29-26-,31-30-,53-50-. The van der Waals surface area contributed by atoms with Gasteiger partial charge in [-0.3, -0.25) is 14.4 Å². The number of carbonyl (C=O) groups excluding carboxylic acids is 3. The minimum atomic E-state index is -0.786. The van der Waals surface area contributed by atoms with Crippen molar-refractivity contribution >= 4 is 17.9 Å². The lowest BCUT2D eigenvalue weighted by atomic mass is 10.0. The van der Waals surface area contributed by atoms with Crippen molar-refractivity contribution in [3.63, 3.8) is 0 Å². The molecular weight excluding hydrogens is 1020 g/mol. The minimum absolute atomic E-state index is 0.0794. The molecule has 0 amide bonds. The molecule has 0 radical (unpaired) electrons. The third kappa shape index (κ3) is 69.8. The van der Waals surface area contributed by atoms with Gasteiger partial charge in [-0.1, -0.05) is 351 Å². The Bertz CT molecular complexity index is 1470. The van der Waals surface area contributed by atoms with E-state index < -0.39 is 6.10 Å². The second-order valence-corrected chi connectivity index (χ2v) is 24.8. The smallest absolute Gasteiger partial charge is 0.306 e. The van der Waals surface area contributed by atoms with Gasteiger partial charge in [-0.15, -0.1) is 0 Å². The number of carbonyl (C=O) groups is 3. The molecule has 484 valence electrons. The Morgan fingerprint density at radius 1 is 0.253 bits per heavy atom. The van der Waals surface area contributed by atoms with Crippen LogP contribution in [0.1, 0.15) is 393 Å². The molecule has 83 heavy (non-hydrogen) atoms. The van der Waals surface area contributed by atoms with E-state index in [1.807, 2.05) is 0 Å². The van der Waals surface area contributed by atoms with Crippen molar-refractivity contribution in [3.05, 3.63) is 60.8 Å². The van der Waals surface area contributed by atoms with Gasteiger partial charge in [0.05, 0.1) is 0 Å². The summed E-state index contributed by atoms with van der Waals surface area (Å²) in [5.41, 5.74) is 0. The Balaban J connectivity index is 4.16. The molecule has 0 rings (SSSR count). The summed E-state index contributed by atoms with van der Waals surface area (Å²) in [6.07, 6.45) is 92.7. The lowest BCUT2D eigenvalue weighted by Crippen LogP contribution is -2.30. The van der Waals surface area contributed by atoms with Gasteiger partial charge < -0.3 is 14.2 Å². The summed E-state index contributed by atoms with van der Waals surface area (Å²) in [4.78, 5) is 38.4. The molecule has 6 heteroatoms. The van der Waals surface area contributed by atoms with E-state index in [-0.39, 0.29) is 31.1 Å². The van der Waals surface area contributed by atoms with Crippen molar-refractivity contribution in [1.29, 1.82) is 0 Å². The molecule has 0 aromatic rings. The molecule has 0 N–H and O–H groups in total. The van der Waals surface area contributed by atoms with Crippen molar-refractivity contribution in [3.8, 4) is 0 Å². The van der Waals surface area contributed by atoms with E-state index >= 15 is 0 Å². The van der Waals surface area contributed by atoms with Gasteiger partial charge in [-0.2, -0.15) is 0 Å². The van der Waals surface area contributed by atoms with Gasteiger partial charge in [-0.25, -0.2) is 0 Å². The van der Waals surface area contributed by atoms with Crippen molar-refractivity contribution in [1.82, 2.24) is 0 Å². The zero-order valence-corrected chi connectivity index (χ0v) is 55.7. The molecule has 0 saturated heterocycles. The first-order valence-electron chi connectivity index (χ1n) is 36.8. The van der Waals surface area contributed by atoms with E-state index in [1.54, 1.807) is 0 Å². The first kappa shape index (κ1) is 80.1. The molecule has 1 unspecified atom stereocenters. The van der Waals surface area contributed by atoms with Crippen LogP contribution in [0.4, 0.5) is 0 Å². The molecule has 6 nitrogen and oxygen atoms in total. The molecule has 0 saturated carbocycles. The van der Waals surface area contributed by atoms with E-state index in [2.05, 4.69) is 81.5 Å². The van der Waals surface area contributed by atoms with E-state index in [9.17, 15) is 14.4 Å². The number of ether oxygens (including phenoxy) is 3. The van der Waals surface area contributed by atoms with Crippen LogP contribution in [-0.2, 0) is 28.6 Å². The SMILES string of the molecule is CC/C=C\C/C=C\C/C=C\C/C=C\CCCCCCC(=O)OC(COC(=O)CCCCCCCCCCCCCCCCC)COC(=O)CCCCCCCCCCCCCCCCCCCCCCC/C=C\CCCCCCCCCC. The van der Waals surface area contributed by atoms with Crippen LogP contribution in [0.15, 0.2) is 60.8 Å². The number of allylic oxidation sites excluding steroid dienone is 10. The molecule has 0 aromatic heterocycles. The first-order valence-corrected chi connectivity index (χ1v) is 36.8. The fraction of sp³-hybridized carbons (Fsp3) is 0.831. The average molecular weight is 1160 g/mol. The van der Waals surface area contributed by atoms with Gasteiger partial charge >= 0.3 is 17.9 Å². The lowest BCUT2D eigenvalue weighted by molar-refractivity contribution is -0.167. The van der Waals surface area contributed by atoms with Crippen LogP contribution in [0.2, 0.25) is 0 Å². The topological polar surface area (TPSA) is 78.9 Å². The van der Waals surface area contributed by atoms with Crippen molar-refractivity contribution in [2.24, 2.45) is 0 Å². The quantitative estimate of drug-likeness (QED) is 0.0261. The van der Waals surface area contributed by atoms with Gasteiger partial charge in [0.25, 0.3) is 0 Å². The molecule has 0 aliphatic heterocycles. The van der Waals surface area contributed by atoms with Crippen LogP contribution in [0.3, 0.4) is 0 Å². The fourth-order valence-corrected chi connectivity index (χ4v) is 11.0. The number of hydrogen-bond donors (Lipinski definition) is 0. The van der Waals surface area contributed by atoms with Gasteiger partial charge in [0.1, 0.15) is 13.2 Å². The maximum atomic E-state index is 12.9. The second kappa shape index (κ2) is 71.6. The predicted octanol–water partition coefficient (Wildman–Crippen LogP) is 25.5. The van der Waals surface area contributed by atoms with E-state index in [4.69, 9.17) is 14.2 Å². The van der Waals surface area contributed by atoms with Crippen LogP contribution in [0.5, 0.6) is 0 Å². The highest BCUT2D eigenvalue weighted by atomic mass is 16.6. The Hall–Kier alpha value is -2.89. The summed E-state index contributed by atoms with van der Waals surface area (Å²) in [5.74, 6) is -0.878. The van der Waals surface area contributed by atoms with Gasteiger partial charge in [0.15, 0.2) is 6.10 Å². The van der Waals surface area contributed by atoms with Gasteiger partial charge in [-0.05, 0) is 83.5 Å². The molecule has 0 spiro atoms. The Kier molecular flexibility index (Phi) is 69.1. The number of esters is 3. The summed E-state index contributed by atoms with van der Waals surface area (Å²) in [6, 6.07) is 0. The Morgan fingerprint density at radius 2 is 0.470 bits per heavy atom. The third-order valence-electron chi connectivity index (χ3n) is 16.5. The first-order chi connectivity index (χ1) is 41.0. The van der Waals surface area contributed by atoms with E-state index in [1.165, 1.54) is 257 Å². The highest BCUT2D eigenvalue weighted by Gasteiger charge is 2.19. The third-order valence-corrected chi connectivity index (χ3v) is 16.5. The zero-order valence-electron chi connectivity index (χ0n) is 55.7. The van der Waals surface area contributed by atoms with Gasteiger partial charge in [0.2, 0.25) is 0 Å². The highest BCUT2D eigenvalue weighted by Crippen LogP contribution is 2.19. The highest BCUT2D eigenvalue weighted by molar-refractivity contribution is 5.71. The minimum Gasteiger partial charge on any atom is -0.462 e. The maximum Gasteiger partial charge on any atom is 0.306 e. The number of unbranched alkanes of at least 4 members (excludes halogenated alkanes) is 47.